The molecule has 0 fully saturated rings. The molecule has 0 saturated heterocycles. The fourth-order valence-corrected chi connectivity index (χ4v) is 8.74. The third kappa shape index (κ3) is 59.3. The third-order valence-corrected chi connectivity index (χ3v) is 13.4. The zero-order valence-corrected chi connectivity index (χ0v) is 48.1. The summed E-state index contributed by atoms with van der Waals surface area (Å²) in [6, 6.07) is 0. The summed E-state index contributed by atoms with van der Waals surface area (Å²) in [5, 5.41) is 0. The van der Waals surface area contributed by atoms with Crippen molar-refractivity contribution >= 4 is 17.9 Å². The molecule has 6 heteroatoms. The Labute approximate surface area is 452 Å². The summed E-state index contributed by atoms with van der Waals surface area (Å²) >= 11 is 0. The van der Waals surface area contributed by atoms with Crippen LogP contribution in [0.5, 0.6) is 0 Å². The lowest BCUT2D eigenvalue weighted by atomic mass is 10.0. The maximum atomic E-state index is 12.9. The van der Waals surface area contributed by atoms with Crippen LogP contribution in [0.2, 0.25) is 0 Å². The van der Waals surface area contributed by atoms with Crippen molar-refractivity contribution in [3.63, 3.8) is 0 Å². The van der Waals surface area contributed by atoms with Crippen molar-refractivity contribution in [3.05, 3.63) is 85.1 Å². The Kier molecular flexibility index (Phi) is 58.3. The molecule has 0 saturated carbocycles. The van der Waals surface area contributed by atoms with E-state index in [9.17, 15) is 14.4 Å². The molecule has 73 heavy (non-hydrogen) atoms. The van der Waals surface area contributed by atoms with Crippen LogP contribution in [0, 0.1) is 0 Å². The molecule has 0 N–H and O–H groups in total. The summed E-state index contributed by atoms with van der Waals surface area (Å²) < 4.78 is 16.9. The lowest BCUT2D eigenvalue weighted by Crippen LogP contribution is -2.30. The van der Waals surface area contributed by atoms with E-state index in [2.05, 4.69) is 106 Å². The van der Waals surface area contributed by atoms with Crippen LogP contribution < -0.4 is 0 Å². The number of esters is 3. The average molecular weight is 1020 g/mol. The molecule has 0 aliphatic carbocycles. The van der Waals surface area contributed by atoms with E-state index in [4.69, 9.17) is 14.2 Å². The highest BCUT2D eigenvalue weighted by Gasteiger charge is 2.19. The van der Waals surface area contributed by atoms with E-state index in [0.717, 1.165) is 116 Å². The second-order valence-corrected chi connectivity index (χ2v) is 20.6. The van der Waals surface area contributed by atoms with Crippen LogP contribution in [-0.2, 0) is 28.6 Å². The number of unbranched alkanes of at least 4 members (excludes halogenated alkanes) is 31. The molecular formula is C67H116O6. The van der Waals surface area contributed by atoms with Gasteiger partial charge in [-0.05, 0) is 96.3 Å². The van der Waals surface area contributed by atoms with Crippen LogP contribution in [0.4, 0.5) is 0 Å². The molecule has 0 spiro atoms. The minimum absolute atomic E-state index is 0.0848. The third-order valence-electron chi connectivity index (χ3n) is 13.4. The Hall–Kier alpha value is -3.41. The summed E-state index contributed by atoms with van der Waals surface area (Å²) in [5.74, 6) is -0.896. The number of carbonyl (C=O) groups is 3. The number of carbonyl (C=O) groups excluding carboxylic acids is 3. The van der Waals surface area contributed by atoms with E-state index in [1.54, 1.807) is 0 Å². The molecular weight excluding hydrogens is 901 g/mol. The van der Waals surface area contributed by atoms with Crippen LogP contribution in [0.25, 0.3) is 0 Å². The maximum Gasteiger partial charge on any atom is 0.306 e. The van der Waals surface area contributed by atoms with Crippen LogP contribution in [0.3, 0.4) is 0 Å². The second kappa shape index (κ2) is 61.1. The molecule has 0 aromatic rings. The molecule has 420 valence electrons. The van der Waals surface area contributed by atoms with Crippen molar-refractivity contribution < 1.29 is 28.6 Å². The van der Waals surface area contributed by atoms with Crippen LogP contribution >= 0.6 is 0 Å². The van der Waals surface area contributed by atoms with Gasteiger partial charge < -0.3 is 14.2 Å². The Morgan fingerprint density at radius 2 is 0.534 bits per heavy atom. The van der Waals surface area contributed by atoms with E-state index < -0.39 is 6.10 Å². The van der Waals surface area contributed by atoms with Gasteiger partial charge in [0.1, 0.15) is 13.2 Å². The smallest absolute Gasteiger partial charge is 0.306 e. The molecule has 0 aromatic carbocycles. The van der Waals surface area contributed by atoms with Gasteiger partial charge in [-0.3, -0.25) is 14.4 Å². The van der Waals surface area contributed by atoms with Gasteiger partial charge in [-0.15, -0.1) is 0 Å². The first-order valence-electron chi connectivity index (χ1n) is 31.1. The molecule has 0 aliphatic rings. The quantitative estimate of drug-likeness (QED) is 0.0261. The highest BCUT2D eigenvalue weighted by molar-refractivity contribution is 5.71. The van der Waals surface area contributed by atoms with Crippen LogP contribution in [0.1, 0.15) is 303 Å². The SMILES string of the molecule is CC/C=C\C/C=C\C/C=C\C/C=C\C/C=C\CCCCCCCCCC(=O)OCC(COC(=O)CCCCCCC/C=C\C/C=C\CCCCC)OC(=O)CCCCCCCCCCCCCCCCCCC. The summed E-state index contributed by atoms with van der Waals surface area (Å²) in [7, 11) is 0. The fourth-order valence-electron chi connectivity index (χ4n) is 8.74. The van der Waals surface area contributed by atoms with Crippen molar-refractivity contribution in [1.29, 1.82) is 0 Å². The predicted molar refractivity (Wildman–Crippen MR) is 316 cm³/mol. The Balaban J connectivity index is 4.38. The lowest BCUT2D eigenvalue weighted by Gasteiger charge is -2.18. The van der Waals surface area contributed by atoms with Gasteiger partial charge in [-0.1, -0.05) is 273 Å². The zero-order chi connectivity index (χ0) is 52.9. The predicted octanol–water partition coefficient (Wildman–Crippen LogP) is 21.1. The first kappa shape index (κ1) is 69.6. The molecule has 0 aliphatic heterocycles. The minimum Gasteiger partial charge on any atom is -0.462 e. The maximum absolute atomic E-state index is 12.9. The van der Waals surface area contributed by atoms with E-state index in [1.165, 1.54) is 148 Å². The van der Waals surface area contributed by atoms with Crippen molar-refractivity contribution in [1.82, 2.24) is 0 Å². The van der Waals surface area contributed by atoms with Gasteiger partial charge in [-0.25, -0.2) is 0 Å². The number of hydrogen-bond donors (Lipinski definition) is 0. The van der Waals surface area contributed by atoms with Gasteiger partial charge in [0.25, 0.3) is 0 Å². The second-order valence-electron chi connectivity index (χ2n) is 20.6. The van der Waals surface area contributed by atoms with E-state index in [0.29, 0.717) is 19.3 Å². The Morgan fingerprint density at radius 1 is 0.288 bits per heavy atom. The summed E-state index contributed by atoms with van der Waals surface area (Å²) in [5.41, 5.74) is 0. The number of rotatable bonds is 56. The molecule has 0 rings (SSSR count). The number of ether oxygens (including phenoxy) is 3. The number of allylic oxidation sites excluding steroid dienone is 14. The first-order chi connectivity index (χ1) is 36.0. The normalized spacial score (nSPS) is 12.6. The van der Waals surface area contributed by atoms with Gasteiger partial charge in [0, 0.05) is 19.3 Å². The largest absolute Gasteiger partial charge is 0.462 e. The van der Waals surface area contributed by atoms with E-state index in [1.807, 2.05) is 0 Å². The van der Waals surface area contributed by atoms with Crippen LogP contribution in [-0.4, -0.2) is 37.2 Å². The standard InChI is InChI=1S/C67H116O6/c1-4-7-10-13-16-19-22-25-28-30-31-32-33-34-35-37-39-42-45-48-51-54-57-60-66(69)72-63-64(62-71-65(68)59-56-53-50-47-44-41-38-27-24-21-18-15-12-9-6-3)73-67(70)61-58-55-52-49-46-43-40-36-29-26-23-20-17-14-11-8-5-2/h7,10,16,18-19,21,25,27-28,31-32,34-35,38,64H,4-6,8-9,11-15,17,20,22-24,26,29-30,33,36-37,39-63H2,1-3H3/b10-7-,19-16-,21-18-,28-25-,32-31-,35-34-,38-27-. The first-order valence-corrected chi connectivity index (χ1v) is 31.1. The molecule has 1 atom stereocenters. The minimum atomic E-state index is -0.787. The van der Waals surface area contributed by atoms with Gasteiger partial charge >= 0.3 is 17.9 Å². The molecule has 0 bridgehead atoms. The molecule has 6 nitrogen and oxygen atoms in total. The Bertz CT molecular complexity index is 1400. The summed E-state index contributed by atoms with van der Waals surface area (Å²) in [4.78, 5) is 38.3. The van der Waals surface area contributed by atoms with Crippen molar-refractivity contribution in [2.75, 3.05) is 13.2 Å². The van der Waals surface area contributed by atoms with Crippen molar-refractivity contribution in [2.45, 2.75) is 309 Å². The summed E-state index contributed by atoms with van der Waals surface area (Å²) in [6.45, 7) is 6.51. The molecule has 0 heterocycles. The Morgan fingerprint density at radius 3 is 0.863 bits per heavy atom. The van der Waals surface area contributed by atoms with E-state index in [-0.39, 0.29) is 31.1 Å². The van der Waals surface area contributed by atoms with Gasteiger partial charge in [0.05, 0.1) is 0 Å². The monoisotopic (exact) mass is 1020 g/mol. The average Bonchev–Trinajstić information content (AvgIpc) is 3.39. The topological polar surface area (TPSA) is 78.9 Å². The molecule has 0 radical (unpaired) electrons. The van der Waals surface area contributed by atoms with E-state index >= 15 is 0 Å². The van der Waals surface area contributed by atoms with Gasteiger partial charge in [0.15, 0.2) is 6.10 Å². The molecule has 0 aromatic heterocycles. The lowest BCUT2D eigenvalue weighted by molar-refractivity contribution is -0.167. The fraction of sp³-hybridized carbons (Fsp3) is 0.746. The molecule has 1 unspecified atom stereocenters. The van der Waals surface area contributed by atoms with Crippen molar-refractivity contribution in [2.24, 2.45) is 0 Å². The summed E-state index contributed by atoms with van der Waals surface area (Å²) in [6.07, 6.45) is 80.0. The van der Waals surface area contributed by atoms with Crippen molar-refractivity contribution in [3.8, 4) is 0 Å². The van der Waals surface area contributed by atoms with Gasteiger partial charge in [-0.2, -0.15) is 0 Å². The molecule has 0 amide bonds. The highest BCUT2D eigenvalue weighted by atomic mass is 16.6. The van der Waals surface area contributed by atoms with Gasteiger partial charge in [0.2, 0.25) is 0 Å². The highest BCUT2D eigenvalue weighted by Crippen LogP contribution is 2.16. The van der Waals surface area contributed by atoms with Crippen LogP contribution in [0.15, 0.2) is 85.1 Å². The number of hydrogen-bond acceptors (Lipinski definition) is 6. The zero-order valence-electron chi connectivity index (χ0n) is 48.1.